The van der Waals surface area contributed by atoms with Gasteiger partial charge in [0.15, 0.2) is 0 Å². The molecule has 0 aliphatic carbocycles. The van der Waals surface area contributed by atoms with Gasteiger partial charge in [-0.3, -0.25) is 0 Å². The van der Waals surface area contributed by atoms with Gasteiger partial charge in [-0.15, -0.1) is 5.10 Å². The summed E-state index contributed by atoms with van der Waals surface area (Å²) in [6.07, 6.45) is 0.853. The van der Waals surface area contributed by atoms with Crippen LogP contribution in [0, 0.1) is 0 Å². The molecule has 2 aromatic rings. The predicted molar refractivity (Wildman–Crippen MR) is 65.2 cm³/mol. The molecule has 1 aromatic heterocycles. The topological polar surface area (TPSA) is 66.0 Å². The maximum atomic E-state index is 5.63. The largest absolute Gasteiger partial charge is 0.497 e. The zero-order valence-electron chi connectivity index (χ0n) is 10.1. The van der Waals surface area contributed by atoms with Gasteiger partial charge in [0, 0.05) is 6.54 Å². The number of hydrogen-bond donors (Lipinski definition) is 1. The third-order valence-electron chi connectivity index (χ3n) is 2.69. The normalized spacial score (nSPS) is 10.5. The molecule has 5 heteroatoms. The summed E-state index contributed by atoms with van der Waals surface area (Å²) >= 11 is 0. The van der Waals surface area contributed by atoms with E-state index in [2.05, 4.69) is 17.2 Å². The number of benzene rings is 1. The molecule has 2 rings (SSSR count). The predicted octanol–water partition coefficient (Wildman–Crippen LogP) is 1.30. The minimum Gasteiger partial charge on any atom is -0.497 e. The lowest BCUT2D eigenvalue weighted by Crippen LogP contribution is -2.05. The average molecular weight is 232 g/mol. The van der Waals surface area contributed by atoms with Crippen molar-refractivity contribution in [3.63, 3.8) is 0 Å². The summed E-state index contributed by atoms with van der Waals surface area (Å²) in [4.78, 5) is 0. The third-order valence-corrected chi connectivity index (χ3v) is 2.69. The summed E-state index contributed by atoms with van der Waals surface area (Å²) in [5.41, 5.74) is 8.50. The van der Waals surface area contributed by atoms with Gasteiger partial charge in [0.1, 0.15) is 5.75 Å². The number of rotatable bonds is 4. The van der Waals surface area contributed by atoms with Crippen molar-refractivity contribution in [3.8, 4) is 11.4 Å². The fraction of sp³-hybridized carbons (Fsp3) is 0.333. The standard InChI is InChI=1S/C12H16N4O/c1-3-12-11(8-13)14-15-16(12)9-4-6-10(17-2)7-5-9/h4-7H,3,8,13H2,1-2H3. The monoisotopic (exact) mass is 232 g/mol. The SMILES string of the molecule is CCc1c(CN)nnn1-c1ccc(OC)cc1. The number of hydrogen-bond acceptors (Lipinski definition) is 4. The van der Waals surface area contributed by atoms with Crippen molar-refractivity contribution < 1.29 is 4.74 Å². The molecule has 0 spiro atoms. The van der Waals surface area contributed by atoms with Crippen LogP contribution in [0.25, 0.3) is 5.69 Å². The van der Waals surface area contributed by atoms with Crippen LogP contribution in [0.2, 0.25) is 0 Å². The Morgan fingerprint density at radius 2 is 2.00 bits per heavy atom. The first-order valence-electron chi connectivity index (χ1n) is 5.58. The molecule has 0 saturated carbocycles. The first-order valence-corrected chi connectivity index (χ1v) is 5.58. The van der Waals surface area contributed by atoms with E-state index in [1.165, 1.54) is 0 Å². The lowest BCUT2D eigenvalue weighted by Gasteiger charge is -2.06. The fourth-order valence-electron chi connectivity index (χ4n) is 1.78. The highest BCUT2D eigenvalue weighted by Gasteiger charge is 2.10. The molecule has 0 bridgehead atoms. The second-order valence-electron chi connectivity index (χ2n) is 3.65. The summed E-state index contributed by atoms with van der Waals surface area (Å²) in [5, 5.41) is 8.21. The molecule has 0 aliphatic heterocycles. The maximum absolute atomic E-state index is 5.63. The van der Waals surface area contributed by atoms with Crippen LogP contribution in [0.1, 0.15) is 18.3 Å². The molecule has 5 nitrogen and oxygen atoms in total. The van der Waals surface area contributed by atoms with E-state index in [9.17, 15) is 0 Å². The van der Waals surface area contributed by atoms with E-state index in [1.54, 1.807) is 7.11 Å². The van der Waals surface area contributed by atoms with Gasteiger partial charge >= 0.3 is 0 Å². The quantitative estimate of drug-likeness (QED) is 0.862. The smallest absolute Gasteiger partial charge is 0.119 e. The number of ether oxygens (including phenoxy) is 1. The van der Waals surface area contributed by atoms with E-state index in [1.807, 2.05) is 28.9 Å². The Balaban J connectivity index is 2.41. The van der Waals surface area contributed by atoms with Gasteiger partial charge in [0.2, 0.25) is 0 Å². The van der Waals surface area contributed by atoms with Crippen LogP contribution in [0.5, 0.6) is 5.75 Å². The van der Waals surface area contributed by atoms with E-state index in [4.69, 9.17) is 10.5 Å². The molecular weight excluding hydrogens is 216 g/mol. The molecular formula is C12H16N4O. The Morgan fingerprint density at radius 1 is 1.29 bits per heavy atom. The summed E-state index contributed by atoms with van der Waals surface area (Å²) < 4.78 is 6.94. The summed E-state index contributed by atoms with van der Waals surface area (Å²) in [7, 11) is 1.65. The summed E-state index contributed by atoms with van der Waals surface area (Å²) in [5.74, 6) is 0.825. The van der Waals surface area contributed by atoms with Crippen molar-refractivity contribution in [2.45, 2.75) is 19.9 Å². The van der Waals surface area contributed by atoms with E-state index < -0.39 is 0 Å². The zero-order chi connectivity index (χ0) is 12.3. The van der Waals surface area contributed by atoms with Crippen molar-refractivity contribution in [2.75, 3.05) is 7.11 Å². The van der Waals surface area contributed by atoms with Gasteiger partial charge in [0.25, 0.3) is 0 Å². The van der Waals surface area contributed by atoms with Crippen molar-refractivity contribution in [3.05, 3.63) is 35.7 Å². The average Bonchev–Trinajstić information content (AvgIpc) is 2.81. The summed E-state index contributed by atoms with van der Waals surface area (Å²) in [6.45, 7) is 2.48. The Bertz CT molecular complexity index is 490. The number of nitrogens with two attached hydrogens (primary N) is 1. The first-order chi connectivity index (χ1) is 8.30. The lowest BCUT2D eigenvalue weighted by molar-refractivity contribution is 0.414. The maximum Gasteiger partial charge on any atom is 0.119 e. The molecule has 0 fully saturated rings. The van der Waals surface area contributed by atoms with Crippen LogP contribution in [0.3, 0.4) is 0 Å². The third kappa shape index (κ3) is 2.14. The molecule has 17 heavy (non-hydrogen) atoms. The molecule has 90 valence electrons. The molecule has 0 amide bonds. The molecule has 0 radical (unpaired) electrons. The highest BCUT2D eigenvalue weighted by molar-refractivity contribution is 5.38. The fourth-order valence-corrected chi connectivity index (χ4v) is 1.78. The number of nitrogens with zero attached hydrogens (tertiary/aromatic N) is 3. The van der Waals surface area contributed by atoms with Crippen LogP contribution in [-0.4, -0.2) is 22.1 Å². The Morgan fingerprint density at radius 3 is 2.53 bits per heavy atom. The summed E-state index contributed by atoms with van der Waals surface area (Å²) in [6, 6.07) is 7.71. The molecule has 0 aliphatic rings. The first kappa shape index (κ1) is 11.6. The highest BCUT2D eigenvalue weighted by Crippen LogP contribution is 2.17. The number of aromatic nitrogens is 3. The van der Waals surface area contributed by atoms with Crippen LogP contribution < -0.4 is 10.5 Å². The molecule has 0 unspecified atom stereocenters. The number of methoxy groups -OCH3 is 1. The van der Waals surface area contributed by atoms with Crippen molar-refractivity contribution in [1.82, 2.24) is 15.0 Å². The second kappa shape index (κ2) is 4.97. The van der Waals surface area contributed by atoms with Crippen molar-refractivity contribution in [1.29, 1.82) is 0 Å². The van der Waals surface area contributed by atoms with E-state index in [-0.39, 0.29) is 0 Å². The molecule has 0 atom stereocenters. The van der Waals surface area contributed by atoms with Crippen LogP contribution >= 0.6 is 0 Å². The second-order valence-corrected chi connectivity index (χ2v) is 3.65. The molecule has 1 aromatic carbocycles. The van der Waals surface area contributed by atoms with Crippen LogP contribution in [-0.2, 0) is 13.0 Å². The van der Waals surface area contributed by atoms with Gasteiger partial charge in [0.05, 0.1) is 24.2 Å². The van der Waals surface area contributed by atoms with Crippen LogP contribution in [0.4, 0.5) is 0 Å². The van der Waals surface area contributed by atoms with Gasteiger partial charge in [-0.05, 0) is 30.7 Å². The molecule has 1 heterocycles. The van der Waals surface area contributed by atoms with E-state index in [0.29, 0.717) is 6.54 Å². The van der Waals surface area contributed by atoms with Crippen molar-refractivity contribution in [2.24, 2.45) is 5.73 Å². The molecule has 2 N–H and O–H groups in total. The van der Waals surface area contributed by atoms with Gasteiger partial charge < -0.3 is 10.5 Å². The Labute approximate surface area is 100 Å². The minimum absolute atomic E-state index is 0.416. The zero-order valence-corrected chi connectivity index (χ0v) is 10.1. The van der Waals surface area contributed by atoms with Crippen LogP contribution in [0.15, 0.2) is 24.3 Å². The van der Waals surface area contributed by atoms with Gasteiger partial charge in [-0.2, -0.15) is 0 Å². The van der Waals surface area contributed by atoms with E-state index >= 15 is 0 Å². The Hall–Kier alpha value is -1.88. The van der Waals surface area contributed by atoms with E-state index in [0.717, 1.165) is 29.2 Å². The van der Waals surface area contributed by atoms with Gasteiger partial charge in [-0.25, -0.2) is 4.68 Å². The highest BCUT2D eigenvalue weighted by atomic mass is 16.5. The van der Waals surface area contributed by atoms with Gasteiger partial charge in [-0.1, -0.05) is 12.1 Å². The molecule has 0 saturated heterocycles. The lowest BCUT2D eigenvalue weighted by atomic mass is 10.2. The van der Waals surface area contributed by atoms with Crippen molar-refractivity contribution >= 4 is 0 Å². The minimum atomic E-state index is 0.416. The Kier molecular flexibility index (Phi) is 3.39.